The summed E-state index contributed by atoms with van der Waals surface area (Å²) in [7, 11) is 0. The van der Waals surface area contributed by atoms with Crippen molar-refractivity contribution in [3.05, 3.63) is 0 Å². The first-order valence-corrected chi connectivity index (χ1v) is 5.47. The molecule has 0 aromatic rings. The average molecular weight is 174 g/mol. The van der Waals surface area contributed by atoms with Gasteiger partial charge in [0, 0.05) is 0 Å². The maximum atomic E-state index is 11.2. The average Bonchev–Trinajstić information content (AvgIpc) is 2.18. The van der Waals surface area contributed by atoms with Gasteiger partial charge in [0.15, 0.2) is 0 Å². The van der Waals surface area contributed by atoms with Crippen LogP contribution in [0.3, 0.4) is 0 Å². The minimum atomic E-state index is -0.145. The Hall–Kier alpha value is -0.0700. The minimum absolute atomic E-state index is 0.145. The molecule has 0 N–H and O–H groups in total. The monoisotopic (exact) mass is 174 g/mol. The molecule has 1 fully saturated rings. The molecule has 1 saturated carbocycles. The predicted octanol–water partition coefficient (Wildman–Crippen LogP) is 4.49. The summed E-state index contributed by atoms with van der Waals surface area (Å²) < 4.78 is 11.2. The van der Waals surface area contributed by atoms with E-state index in [0.717, 1.165) is 19.3 Å². The third-order valence-corrected chi connectivity index (χ3v) is 2.24. The fourth-order valence-corrected chi connectivity index (χ4v) is 1.41. The molecule has 0 atom stereocenters. The number of hydrogen-bond acceptors (Lipinski definition) is 0. The van der Waals surface area contributed by atoms with Gasteiger partial charge in [-0.05, 0) is 6.42 Å². The number of unbranched alkanes of at least 4 members (excludes halogenated alkanes) is 2. The van der Waals surface area contributed by atoms with Gasteiger partial charge >= 0.3 is 0 Å². The fraction of sp³-hybridized carbons (Fsp3) is 1.00. The highest BCUT2D eigenvalue weighted by molar-refractivity contribution is 4.51. The van der Waals surface area contributed by atoms with E-state index in [2.05, 4.69) is 6.92 Å². The van der Waals surface area contributed by atoms with Crippen LogP contribution >= 0.6 is 0 Å². The van der Waals surface area contributed by atoms with Gasteiger partial charge in [0.1, 0.15) is 0 Å². The van der Waals surface area contributed by atoms with Crippen molar-refractivity contribution in [2.75, 3.05) is 6.67 Å². The molecule has 12 heavy (non-hydrogen) atoms. The molecule has 0 spiro atoms. The van der Waals surface area contributed by atoms with E-state index in [1.165, 1.54) is 38.5 Å². The Morgan fingerprint density at radius 1 is 0.833 bits per heavy atom. The fourth-order valence-electron chi connectivity index (χ4n) is 1.41. The zero-order chi connectivity index (χ0) is 9.07. The van der Waals surface area contributed by atoms with E-state index in [-0.39, 0.29) is 6.67 Å². The predicted molar refractivity (Wildman–Crippen MR) is 53.2 cm³/mol. The molecular weight excluding hydrogens is 151 g/mol. The van der Waals surface area contributed by atoms with Crippen molar-refractivity contribution < 1.29 is 4.39 Å². The Bertz CT molecular complexity index is 51.9. The zero-order valence-corrected chi connectivity index (χ0v) is 8.45. The summed E-state index contributed by atoms with van der Waals surface area (Å²) in [4.78, 5) is 0. The summed E-state index contributed by atoms with van der Waals surface area (Å²) in [6.07, 6.45) is 11.9. The van der Waals surface area contributed by atoms with Crippen molar-refractivity contribution in [3.8, 4) is 0 Å². The third kappa shape index (κ3) is 9.93. The summed E-state index contributed by atoms with van der Waals surface area (Å²) in [6.45, 7) is 1.92. The first kappa shape index (κ1) is 11.9. The molecule has 0 aromatic carbocycles. The Balaban J connectivity index is 0.000000202. The molecule has 1 heteroatoms. The van der Waals surface area contributed by atoms with Crippen LogP contribution in [0.25, 0.3) is 0 Å². The van der Waals surface area contributed by atoms with Crippen LogP contribution in [0.5, 0.6) is 0 Å². The van der Waals surface area contributed by atoms with Crippen molar-refractivity contribution in [3.63, 3.8) is 0 Å². The normalized spacial score (nSPS) is 16.5. The summed E-state index contributed by atoms with van der Waals surface area (Å²) in [5.74, 6) is 0. The highest BCUT2D eigenvalue weighted by atomic mass is 19.1. The smallest absolute Gasteiger partial charge is 0.0894 e. The first-order chi connectivity index (χ1) is 5.91. The van der Waals surface area contributed by atoms with Gasteiger partial charge in [-0.15, -0.1) is 0 Å². The van der Waals surface area contributed by atoms with Crippen LogP contribution in [-0.4, -0.2) is 6.67 Å². The van der Waals surface area contributed by atoms with Crippen LogP contribution in [0, 0.1) is 0 Å². The van der Waals surface area contributed by atoms with Crippen molar-refractivity contribution in [2.24, 2.45) is 0 Å². The topological polar surface area (TPSA) is 0 Å². The second-order valence-electron chi connectivity index (χ2n) is 3.52. The zero-order valence-electron chi connectivity index (χ0n) is 8.45. The number of rotatable bonds is 3. The van der Waals surface area contributed by atoms with Crippen LogP contribution in [0.1, 0.15) is 64.7 Å². The Labute approximate surface area is 76.6 Å². The molecule has 1 rings (SSSR count). The van der Waals surface area contributed by atoms with E-state index in [0.29, 0.717) is 0 Å². The van der Waals surface area contributed by atoms with Gasteiger partial charge in [0.05, 0.1) is 6.67 Å². The van der Waals surface area contributed by atoms with Crippen LogP contribution in [-0.2, 0) is 0 Å². The van der Waals surface area contributed by atoms with Crippen molar-refractivity contribution in [1.82, 2.24) is 0 Å². The lowest BCUT2D eigenvalue weighted by atomic mass is 10.0. The molecule has 0 amide bonds. The third-order valence-electron chi connectivity index (χ3n) is 2.24. The maximum absolute atomic E-state index is 11.2. The molecule has 74 valence electrons. The Morgan fingerprint density at radius 2 is 1.25 bits per heavy atom. The first-order valence-electron chi connectivity index (χ1n) is 5.47. The summed E-state index contributed by atoms with van der Waals surface area (Å²) in [5, 5.41) is 0. The van der Waals surface area contributed by atoms with Gasteiger partial charge < -0.3 is 0 Å². The summed E-state index contributed by atoms with van der Waals surface area (Å²) >= 11 is 0. The van der Waals surface area contributed by atoms with Crippen LogP contribution in [0.2, 0.25) is 0 Å². The standard InChI is InChI=1S/C6H12.C5H11F/c1-2-4-6-5-3-1;1-2-3-4-5-6/h1-6H2;2-5H2,1H3. The molecule has 1 aliphatic rings. The number of hydrogen-bond donors (Lipinski definition) is 0. The van der Waals surface area contributed by atoms with Crippen molar-refractivity contribution in [2.45, 2.75) is 64.7 Å². The van der Waals surface area contributed by atoms with Crippen molar-refractivity contribution >= 4 is 0 Å². The lowest BCUT2D eigenvalue weighted by Gasteiger charge is -2.05. The molecule has 1 aliphatic carbocycles. The largest absolute Gasteiger partial charge is 0.251 e. The molecule has 0 aliphatic heterocycles. The molecule has 0 saturated heterocycles. The number of alkyl halides is 1. The second kappa shape index (κ2) is 10.9. The van der Waals surface area contributed by atoms with E-state index in [4.69, 9.17) is 0 Å². The molecule has 0 bridgehead atoms. The summed E-state index contributed by atoms with van der Waals surface area (Å²) in [5.41, 5.74) is 0. The molecule has 0 heterocycles. The maximum Gasteiger partial charge on any atom is 0.0894 e. The van der Waals surface area contributed by atoms with E-state index >= 15 is 0 Å². The van der Waals surface area contributed by atoms with Gasteiger partial charge in [0.25, 0.3) is 0 Å². The van der Waals surface area contributed by atoms with Crippen LogP contribution in [0.4, 0.5) is 4.39 Å². The van der Waals surface area contributed by atoms with E-state index < -0.39 is 0 Å². The minimum Gasteiger partial charge on any atom is -0.251 e. The molecule has 0 nitrogen and oxygen atoms in total. The second-order valence-corrected chi connectivity index (χ2v) is 3.52. The number of halogens is 1. The molecular formula is C11H23F. The molecule has 0 aromatic heterocycles. The Kier molecular flexibility index (Phi) is 10.9. The lowest BCUT2D eigenvalue weighted by Crippen LogP contribution is -1.85. The van der Waals surface area contributed by atoms with E-state index in [1.807, 2.05) is 0 Å². The van der Waals surface area contributed by atoms with Gasteiger partial charge in [-0.2, -0.15) is 0 Å². The Morgan fingerprint density at radius 3 is 1.42 bits per heavy atom. The van der Waals surface area contributed by atoms with Gasteiger partial charge in [-0.25, -0.2) is 0 Å². The highest BCUT2D eigenvalue weighted by Crippen LogP contribution is 2.15. The van der Waals surface area contributed by atoms with Gasteiger partial charge in [-0.1, -0.05) is 58.3 Å². The van der Waals surface area contributed by atoms with E-state index in [1.54, 1.807) is 0 Å². The molecule has 0 unspecified atom stereocenters. The van der Waals surface area contributed by atoms with Crippen LogP contribution < -0.4 is 0 Å². The van der Waals surface area contributed by atoms with Gasteiger partial charge in [0.2, 0.25) is 0 Å². The lowest BCUT2D eigenvalue weighted by molar-refractivity contribution is 0.460. The molecule has 0 radical (unpaired) electrons. The highest BCUT2D eigenvalue weighted by Gasteiger charge is 1.95. The van der Waals surface area contributed by atoms with Crippen LogP contribution in [0.15, 0.2) is 0 Å². The van der Waals surface area contributed by atoms with Crippen molar-refractivity contribution in [1.29, 1.82) is 0 Å². The summed E-state index contributed by atoms with van der Waals surface area (Å²) in [6, 6.07) is 0. The van der Waals surface area contributed by atoms with E-state index in [9.17, 15) is 4.39 Å². The SMILES string of the molecule is C1CCCCC1.CCCCCF. The quantitative estimate of drug-likeness (QED) is 0.553. The van der Waals surface area contributed by atoms with Gasteiger partial charge in [-0.3, -0.25) is 4.39 Å².